The summed E-state index contributed by atoms with van der Waals surface area (Å²) in [5.41, 5.74) is -0.706. The third-order valence-electron chi connectivity index (χ3n) is 1.76. The molecule has 14 heavy (non-hydrogen) atoms. The van der Waals surface area contributed by atoms with Crippen molar-refractivity contribution in [2.45, 2.75) is 20.3 Å². The molecule has 0 radical (unpaired) electrons. The predicted octanol–water partition coefficient (Wildman–Crippen LogP) is 1.30. The number of ether oxygens (including phenoxy) is 2. The Balaban J connectivity index is 4.21. The monoisotopic (exact) mass is 200 g/mol. The summed E-state index contributed by atoms with van der Waals surface area (Å²) >= 11 is 0. The molecule has 80 valence electrons. The van der Waals surface area contributed by atoms with Gasteiger partial charge in [0, 0.05) is 0 Å². The molecule has 0 aliphatic carbocycles. The van der Waals surface area contributed by atoms with E-state index in [9.17, 15) is 9.59 Å². The summed E-state index contributed by atoms with van der Waals surface area (Å²) in [4.78, 5) is 21.9. The molecule has 0 bridgehead atoms. The molecular weight excluding hydrogens is 184 g/mol. The van der Waals surface area contributed by atoms with Gasteiger partial charge in [0.15, 0.2) is 0 Å². The topological polar surface area (TPSA) is 52.6 Å². The standard InChI is InChI=1S/C10H16O4/c1-10(2,9(12)14-4)7-5-6-8(11)13-3/h5,7H,6H2,1-4H3. The van der Waals surface area contributed by atoms with Crippen molar-refractivity contribution in [1.82, 2.24) is 0 Å². The summed E-state index contributed by atoms with van der Waals surface area (Å²) in [5.74, 6) is -0.666. The Morgan fingerprint density at radius 1 is 1.21 bits per heavy atom. The van der Waals surface area contributed by atoms with Crippen LogP contribution >= 0.6 is 0 Å². The van der Waals surface area contributed by atoms with Gasteiger partial charge in [-0.05, 0) is 13.8 Å². The molecule has 0 N–H and O–H groups in total. The maximum Gasteiger partial charge on any atom is 0.315 e. The van der Waals surface area contributed by atoms with Crippen molar-refractivity contribution in [3.8, 4) is 0 Å². The maximum absolute atomic E-state index is 11.2. The number of esters is 2. The van der Waals surface area contributed by atoms with Gasteiger partial charge < -0.3 is 9.47 Å². The lowest BCUT2D eigenvalue weighted by molar-refractivity contribution is -0.148. The Bertz CT molecular complexity index is 241. The minimum atomic E-state index is -0.706. The molecule has 0 amide bonds. The fourth-order valence-electron chi connectivity index (χ4n) is 0.864. The quantitative estimate of drug-likeness (QED) is 0.507. The molecule has 0 unspecified atom stereocenters. The Morgan fingerprint density at radius 2 is 1.79 bits per heavy atom. The number of carbonyl (C=O) groups excluding carboxylic acids is 2. The summed E-state index contributed by atoms with van der Waals surface area (Å²) < 4.78 is 9.04. The van der Waals surface area contributed by atoms with Gasteiger partial charge in [-0.15, -0.1) is 0 Å². The highest BCUT2D eigenvalue weighted by Crippen LogP contribution is 2.18. The zero-order valence-electron chi connectivity index (χ0n) is 8.99. The van der Waals surface area contributed by atoms with Gasteiger partial charge in [0.25, 0.3) is 0 Å². The highest BCUT2D eigenvalue weighted by Gasteiger charge is 2.24. The second kappa shape index (κ2) is 5.42. The summed E-state index contributed by atoms with van der Waals surface area (Å²) in [6, 6.07) is 0. The van der Waals surface area contributed by atoms with Gasteiger partial charge >= 0.3 is 11.9 Å². The van der Waals surface area contributed by atoms with Crippen molar-refractivity contribution in [1.29, 1.82) is 0 Å². The fourth-order valence-corrected chi connectivity index (χ4v) is 0.864. The lowest BCUT2D eigenvalue weighted by atomic mass is 9.93. The SMILES string of the molecule is COC(=O)CC=CC(C)(C)C(=O)OC. The average molecular weight is 200 g/mol. The Kier molecular flexibility index (Phi) is 4.91. The van der Waals surface area contributed by atoms with Crippen molar-refractivity contribution < 1.29 is 19.1 Å². The van der Waals surface area contributed by atoms with Crippen LogP contribution in [0.1, 0.15) is 20.3 Å². The van der Waals surface area contributed by atoms with Crippen molar-refractivity contribution in [2.75, 3.05) is 14.2 Å². The largest absolute Gasteiger partial charge is 0.469 e. The van der Waals surface area contributed by atoms with E-state index in [2.05, 4.69) is 9.47 Å². The zero-order chi connectivity index (χ0) is 11.2. The Labute approximate surface area is 83.9 Å². The first-order chi connectivity index (χ1) is 6.44. The number of carbonyl (C=O) groups is 2. The van der Waals surface area contributed by atoms with Gasteiger partial charge in [0.05, 0.1) is 26.1 Å². The third kappa shape index (κ3) is 4.07. The first-order valence-corrected chi connectivity index (χ1v) is 4.27. The fraction of sp³-hybridized carbons (Fsp3) is 0.600. The van der Waals surface area contributed by atoms with Crippen molar-refractivity contribution in [3.05, 3.63) is 12.2 Å². The van der Waals surface area contributed by atoms with Crippen LogP contribution in [-0.2, 0) is 19.1 Å². The van der Waals surface area contributed by atoms with E-state index < -0.39 is 5.41 Å². The molecule has 0 saturated carbocycles. The van der Waals surface area contributed by atoms with Gasteiger partial charge in [0.2, 0.25) is 0 Å². The van der Waals surface area contributed by atoms with Crippen molar-refractivity contribution in [2.24, 2.45) is 5.41 Å². The lowest BCUT2D eigenvalue weighted by Crippen LogP contribution is -2.23. The van der Waals surface area contributed by atoms with Crippen LogP contribution in [0.2, 0.25) is 0 Å². The van der Waals surface area contributed by atoms with Crippen LogP contribution in [0.3, 0.4) is 0 Å². The van der Waals surface area contributed by atoms with Crippen LogP contribution in [0.5, 0.6) is 0 Å². The molecule has 0 heterocycles. The molecule has 0 aliphatic rings. The molecule has 0 aliphatic heterocycles. The second-order valence-electron chi connectivity index (χ2n) is 3.40. The van der Waals surface area contributed by atoms with E-state index in [4.69, 9.17) is 0 Å². The van der Waals surface area contributed by atoms with Crippen LogP contribution in [-0.4, -0.2) is 26.2 Å². The van der Waals surface area contributed by atoms with Crippen molar-refractivity contribution >= 4 is 11.9 Å². The first kappa shape index (κ1) is 12.7. The average Bonchev–Trinajstić information content (AvgIpc) is 2.15. The lowest BCUT2D eigenvalue weighted by Gasteiger charge is -2.16. The highest BCUT2D eigenvalue weighted by atomic mass is 16.5. The van der Waals surface area contributed by atoms with E-state index in [1.807, 2.05) is 0 Å². The van der Waals surface area contributed by atoms with Gasteiger partial charge in [-0.25, -0.2) is 0 Å². The molecule has 0 aromatic carbocycles. The van der Waals surface area contributed by atoms with E-state index in [0.29, 0.717) is 0 Å². The summed E-state index contributed by atoms with van der Waals surface area (Å²) in [6.07, 6.45) is 3.40. The predicted molar refractivity (Wildman–Crippen MR) is 51.6 cm³/mol. The van der Waals surface area contributed by atoms with Gasteiger partial charge in [0.1, 0.15) is 0 Å². The summed E-state index contributed by atoms with van der Waals surface area (Å²) in [5, 5.41) is 0. The molecule has 0 saturated heterocycles. The van der Waals surface area contributed by atoms with Gasteiger partial charge in [-0.3, -0.25) is 9.59 Å². The minimum Gasteiger partial charge on any atom is -0.469 e. The van der Waals surface area contributed by atoms with Crippen LogP contribution in [0, 0.1) is 5.41 Å². The van der Waals surface area contributed by atoms with Crippen molar-refractivity contribution in [3.63, 3.8) is 0 Å². The smallest absolute Gasteiger partial charge is 0.315 e. The number of rotatable bonds is 4. The molecule has 4 nitrogen and oxygen atoms in total. The molecule has 0 atom stereocenters. The van der Waals surface area contributed by atoms with Crippen LogP contribution < -0.4 is 0 Å². The highest BCUT2D eigenvalue weighted by molar-refractivity contribution is 5.78. The molecule has 4 heteroatoms. The molecule has 0 aromatic rings. The first-order valence-electron chi connectivity index (χ1n) is 4.27. The second-order valence-corrected chi connectivity index (χ2v) is 3.40. The van der Waals surface area contributed by atoms with Gasteiger partial charge in [-0.1, -0.05) is 12.2 Å². The number of hydrogen-bond donors (Lipinski definition) is 0. The number of hydrogen-bond acceptors (Lipinski definition) is 4. The molecule has 0 spiro atoms. The zero-order valence-corrected chi connectivity index (χ0v) is 8.99. The maximum atomic E-state index is 11.2. The van der Waals surface area contributed by atoms with E-state index >= 15 is 0 Å². The van der Waals surface area contributed by atoms with Crippen LogP contribution in [0.15, 0.2) is 12.2 Å². The van der Waals surface area contributed by atoms with E-state index in [1.165, 1.54) is 14.2 Å². The number of methoxy groups -OCH3 is 2. The summed E-state index contributed by atoms with van der Waals surface area (Å²) in [7, 11) is 2.65. The Morgan fingerprint density at radius 3 is 2.21 bits per heavy atom. The molecule has 0 fully saturated rings. The third-order valence-corrected chi connectivity index (χ3v) is 1.76. The Hall–Kier alpha value is -1.32. The van der Waals surface area contributed by atoms with Gasteiger partial charge in [-0.2, -0.15) is 0 Å². The van der Waals surface area contributed by atoms with E-state index in [0.717, 1.165) is 0 Å². The normalized spacial score (nSPS) is 11.4. The molecular formula is C10H16O4. The van der Waals surface area contributed by atoms with Crippen LogP contribution in [0.25, 0.3) is 0 Å². The summed E-state index contributed by atoms with van der Waals surface area (Å²) in [6.45, 7) is 3.43. The molecule has 0 rings (SSSR count). The van der Waals surface area contributed by atoms with E-state index in [-0.39, 0.29) is 18.4 Å². The molecule has 0 aromatic heterocycles. The van der Waals surface area contributed by atoms with E-state index in [1.54, 1.807) is 26.0 Å². The van der Waals surface area contributed by atoms with Crippen LogP contribution in [0.4, 0.5) is 0 Å². The minimum absolute atomic E-state index is 0.164.